The second-order valence-corrected chi connectivity index (χ2v) is 21.1. The summed E-state index contributed by atoms with van der Waals surface area (Å²) < 4.78 is 186. The molecule has 77 heavy (non-hydrogen) atoms. The lowest BCUT2D eigenvalue weighted by Gasteiger charge is -2.20. The maximum absolute atomic E-state index is 16.2. The van der Waals surface area contributed by atoms with Gasteiger partial charge in [-0.15, -0.1) is 0 Å². The molecule has 1 nitrogen and oxygen atoms in total. The minimum atomic E-state index is -5.32. The Bertz CT molecular complexity index is 3460. The van der Waals surface area contributed by atoms with E-state index in [0.29, 0.717) is 35.0 Å². The molecule has 0 aliphatic heterocycles. The molecule has 14 heteroatoms. The quantitative estimate of drug-likeness (QED) is 0.145. The summed E-state index contributed by atoms with van der Waals surface area (Å²) in [7, 11) is 0. The van der Waals surface area contributed by atoms with E-state index in [-0.39, 0.29) is 45.3 Å². The van der Waals surface area contributed by atoms with Crippen LogP contribution in [0.2, 0.25) is 0 Å². The van der Waals surface area contributed by atoms with Gasteiger partial charge in [0.1, 0.15) is 5.82 Å². The molecule has 9 aromatic rings. The molecule has 0 saturated heterocycles. The van der Waals surface area contributed by atoms with E-state index in [4.69, 9.17) is 0 Å². The molecule has 9 rings (SSSR count). The molecule has 0 unspecified atom stereocenters. The van der Waals surface area contributed by atoms with Crippen LogP contribution in [0, 0.1) is 5.82 Å². The summed E-state index contributed by atoms with van der Waals surface area (Å²) in [6.45, 7) is 12.8. The lowest BCUT2D eigenvalue weighted by molar-refractivity contribution is -0.144. The second kappa shape index (κ2) is 19.4. The van der Waals surface area contributed by atoms with E-state index >= 15 is 4.39 Å². The van der Waals surface area contributed by atoms with E-state index in [1.54, 1.807) is 18.2 Å². The third-order valence-corrected chi connectivity index (χ3v) is 13.5. The van der Waals surface area contributed by atoms with Crippen molar-refractivity contribution in [3.8, 4) is 78.0 Å². The van der Waals surface area contributed by atoms with Gasteiger partial charge in [-0.3, -0.25) is 4.98 Å². The van der Waals surface area contributed by atoms with Crippen molar-refractivity contribution in [1.82, 2.24) is 4.98 Å². The highest BCUT2D eigenvalue weighted by atomic mass is 19.4. The molecule has 0 amide bonds. The molecule has 0 fully saturated rings. The Hall–Kier alpha value is -7.74. The minimum Gasteiger partial charge on any atom is -0.256 e. The van der Waals surface area contributed by atoms with Gasteiger partial charge in [0.05, 0.1) is 27.9 Å². The molecule has 0 N–H and O–H groups in total. The zero-order valence-electron chi connectivity index (χ0n) is 42.0. The first-order chi connectivity index (χ1) is 35.8. The van der Waals surface area contributed by atoms with Gasteiger partial charge in [-0.2, -0.15) is 52.7 Å². The highest BCUT2D eigenvalue weighted by molar-refractivity contribution is 6.04. The number of hydrogen-bond donors (Lipinski definition) is 0. The van der Waals surface area contributed by atoms with Crippen LogP contribution in [0.4, 0.5) is 57.1 Å². The van der Waals surface area contributed by atoms with Gasteiger partial charge in [-0.25, -0.2) is 4.39 Å². The number of nitrogens with zero attached hydrogens (tertiary/aromatic N) is 1. The summed E-state index contributed by atoms with van der Waals surface area (Å²) in [4.78, 5) is 4.64. The average Bonchev–Trinajstić information content (AvgIpc) is 3.38. The van der Waals surface area contributed by atoms with Crippen molar-refractivity contribution in [3.05, 3.63) is 209 Å². The Morgan fingerprint density at radius 2 is 0.610 bits per heavy atom. The first-order valence-corrected chi connectivity index (χ1v) is 24.1. The summed E-state index contributed by atoms with van der Waals surface area (Å²) in [6, 6.07) is 38.1. The molecule has 0 bridgehead atoms. The van der Waals surface area contributed by atoms with E-state index in [1.807, 2.05) is 6.07 Å². The molecule has 0 aliphatic carbocycles. The second-order valence-electron chi connectivity index (χ2n) is 21.1. The Morgan fingerprint density at radius 1 is 0.286 bits per heavy atom. The number of pyridine rings is 1. The van der Waals surface area contributed by atoms with Crippen LogP contribution in [0.15, 0.2) is 170 Å². The highest BCUT2D eigenvalue weighted by Crippen LogP contribution is 2.45. The first-order valence-electron chi connectivity index (χ1n) is 24.1. The fourth-order valence-corrected chi connectivity index (χ4v) is 9.39. The molecule has 1 aromatic heterocycles. The van der Waals surface area contributed by atoms with Gasteiger partial charge in [-0.1, -0.05) is 108 Å². The van der Waals surface area contributed by atoms with Crippen molar-refractivity contribution in [2.75, 3.05) is 0 Å². The standard InChI is InChI=1S/C63H46F13N/c1-58(2,3)47-14-10-35(11-15-47)37-20-38(36-12-16-48(17-13-36)59(4,5)6)25-45(24-37)54-8-7-9-56-55(54)18-19-77-57(56)46-26-42(31-53(64)32-46)39-21-40(43-27-49(60(65,66)67)33-50(28-43)61(68,69)70)23-41(22-39)44-29-51(62(71,72)73)34-52(30-44)63(74,75)76/h7-34H,1-6H3. The van der Waals surface area contributed by atoms with Crippen molar-refractivity contribution >= 4 is 10.8 Å². The van der Waals surface area contributed by atoms with Crippen LogP contribution in [0.3, 0.4) is 0 Å². The monoisotopic (exact) mass is 1060 g/mol. The smallest absolute Gasteiger partial charge is 0.256 e. The van der Waals surface area contributed by atoms with Crippen LogP contribution in [0.5, 0.6) is 0 Å². The van der Waals surface area contributed by atoms with Gasteiger partial charge < -0.3 is 0 Å². The zero-order valence-corrected chi connectivity index (χ0v) is 42.0. The van der Waals surface area contributed by atoms with Crippen LogP contribution >= 0.6 is 0 Å². The highest BCUT2D eigenvalue weighted by Gasteiger charge is 2.39. The summed E-state index contributed by atoms with van der Waals surface area (Å²) in [5, 5.41) is 1.23. The van der Waals surface area contributed by atoms with Crippen LogP contribution in [-0.4, -0.2) is 4.98 Å². The third-order valence-electron chi connectivity index (χ3n) is 13.5. The molecule has 0 spiro atoms. The van der Waals surface area contributed by atoms with Crippen LogP contribution < -0.4 is 0 Å². The molecule has 1 heterocycles. The van der Waals surface area contributed by atoms with E-state index in [1.165, 1.54) is 12.3 Å². The van der Waals surface area contributed by atoms with Crippen molar-refractivity contribution in [2.45, 2.75) is 77.1 Å². The largest absolute Gasteiger partial charge is 0.416 e. The van der Waals surface area contributed by atoms with Gasteiger partial charge in [0.25, 0.3) is 0 Å². The Kier molecular flexibility index (Phi) is 13.6. The maximum Gasteiger partial charge on any atom is 0.416 e. The van der Waals surface area contributed by atoms with Gasteiger partial charge in [0.2, 0.25) is 0 Å². The maximum atomic E-state index is 16.2. The summed E-state index contributed by atoms with van der Waals surface area (Å²) in [5.41, 5.74) is -1.62. The normalized spacial score (nSPS) is 12.9. The molecule has 0 radical (unpaired) electrons. The molecule has 0 saturated carbocycles. The first kappa shape index (κ1) is 54.1. The van der Waals surface area contributed by atoms with Gasteiger partial charge >= 0.3 is 24.7 Å². The lowest BCUT2D eigenvalue weighted by atomic mass is 9.85. The van der Waals surface area contributed by atoms with E-state index in [9.17, 15) is 52.7 Å². The molecule has 0 aliphatic rings. The molecule has 394 valence electrons. The SMILES string of the molecule is CC(C)(C)c1ccc(-c2cc(-c3ccc(C(C)(C)C)cc3)cc(-c3cccc4c(-c5cc(F)cc(-c6cc(-c7cc(C(F)(F)F)cc(C(F)(F)F)c7)cc(-c7cc(C(F)(F)F)cc(C(F)(F)F)c7)c6)c5)nccc34)c2)cc1. The Balaban J connectivity index is 1.23. The van der Waals surface area contributed by atoms with Gasteiger partial charge in [-0.05, 0) is 191 Å². The van der Waals surface area contributed by atoms with Crippen molar-refractivity contribution in [3.63, 3.8) is 0 Å². The van der Waals surface area contributed by atoms with Crippen LogP contribution in [-0.2, 0) is 35.5 Å². The van der Waals surface area contributed by atoms with E-state index in [0.717, 1.165) is 74.8 Å². The third kappa shape index (κ3) is 11.7. The van der Waals surface area contributed by atoms with Crippen LogP contribution in [0.25, 0.3) is 88.8 Å². The van der Waals surface area contributed by atoms with Gasteiger partial charge in [0, 0.05) is 17.1 Å². The molecule has 0 atom stereocenters. The molecule has 8 aromatic carbocycles. The fourth-order valence-electron chi connectivity index (χ4n) is 9.39. The van der Waals surface area contributed by atoms with Gasteiger partial charge in [0.15, 0.2) is 0 Å². The number of rotatable bonds is 7. The average molecular weight is 1060 g/mol. The number of aromatic nitrogens is 1. The molecular formula is C63H46F13N. The summed E-state index contributed by atoms with van der Waals surface area (Å²) in [5.74, 6) is -0.899. The van der Waals surface area contributed by atoms with E-state index < -0.39 is 75.0 Å². The lowest BCUT2D eigenvalue weighted by Crippen LogP contribution is -2.11. The predicted molar refractivity (Wildman–Crippen MR) is 277 cm³/mol. The summed E-state index contributed by atoms with van der Waals surface area (Å²) >= 11 is 0. The van der Waals surface area contributed by atoms with E-state index in [2.05, 4.69) is 113 Å². The fraction of sp³-hybridized carbons (Fsp3) is 0.190. The number of fused-ring (bicyclic) bond motifs is 1. The number of alkyl halides is 12. The Morgan fingerprint density at radius 3 is 0.987 bits per heavy atom. The van der Waals surface area contributed by atoms with Crippen LogP contribution in [0.1, 0.15) is 74.9 Å². The number of halogens is 13. The molecular weight excluding hydrogens is 1020 g/mol. The van der Waals surface area contributed by atoms with Crippen molar-refractivity contribution in [1.29, 1.82) is 0 Å². The Labute approximate surface area is 435 Å². The predicted octanol–water partition coefficient (Wildman–Crippen LogP) is 20.7. The minimum absolute atomic E-state index is 0.0858. The van der Waals surface area contributed by atoms with Crippen molar-refractivity contribution in [2.24, 2.45) is 0 Å². The van der Waals surface area contributed by atoms with Crippen molar-refractivity contribution < 1.29 is 57.1 Å². The topological polar surface area (TPSA) is 12.9 Å². The zero-order chi connectivity index (χ0) is 55.8. The summed E-state index contributed by atoms with van der Waals surface area (Å²) in [6.07, 6.45) is -19.7. The number of hydrogen-bond acceptors (Lipinski definition) is 1. The number of benzene rings is 8.